The number of nitrogens with one attached hydrogen (secondary N) is 2. The van der Waals surface area contributed by atoms with Crippen molar-refractivity contribution in [1.82, 2.24) is 4.72 Å². The van der Waals surface area contributed by atoms with Gasteiger partial charge in [-0.3, -0.25) is 5.84 Å². The Morgan fingerprint density at radius 2 is 2.06 bits per heavy atom. The Morgan fingerprint density at radius 3 is 2.65 bits per heavy atom. The van der Waals surface area contributed by atoms with Crippen molar-refractivity contribution < 1.29 is 8.42 Å². The molecule has 0 heterocycles. The topological polar surface area (TPSA) is 84.2 Å². The molecule has 1 aromatic rings. The van der Waals surface area contributed by atoms with Gasteiger partial charge in [-0.1, -0.05) is 19.1 Å². The fourth-order valence-corrected chi connectivity index (χ4v) is 3.06. The maximum Gasteiger partial charge on any atom is 0.242 e. The summed E-state index contributed by atoms with van der Waals surface area (Å²) in [7, 11) is -3.47. The Bertz CT molecular complexity index is 501. The molecule has 5 nitrogen and oxygen atoms in total. The van der Waals surface area contributed by atoms with E-state index < -0.39 is 10.0 Å². The van der Waals surface area contributed by atoms with Gasteiger partial charge in [-0.25, -0.2) is 13.1 Å². The molecule has 2 unspecified atom stereocenters. The first kappa shape index (κ1) is 12.3. The first-order valence-corrected chi connectivity index (χ1v) is 7.08. The molecule has 0 radical (unpaired) electrons. The molecule has 0 aromatic heterocycles. The number of benzene rings is 1. The van der Waals surface area contributed by atoms with Gasteiger partial charge in [0.1, 0.15) is 4.90 Å². The number of hydrogen-bond acceptors (Lipinski definition) is 4. The zero-order chi connectivity index (χ0) is 12.5. The van der Waals surface area contributed by atoms with E-state index in [1.165, 1.54) is 6.07 Å². The SMILES string of the molecule is CC1CC1CNS(=O)(=O)c1ccccc1NN. The number of sulfonamides is 1. The Kier molecular flexibility index (Phi) is 3.37. The highest BCUT2D eigenvalue weighted by Gasteiger charge is 2.33. The lowest BCUT2D eigenvalue weighted by Crippen LogP contribution is -2.27. The van der Waals surface area contributed by atoms with E-state index in [2.05, 4.69) is 17.1 Å². The van der Waals surface area contributed by atoms with Gasteiger partial charge in [-0.05, 0) is 30.4 Å². The minimum Gasteiger partial charge on any atom is -0.323 e. The minimum atomic E-state index is -3.47. The fourth-order valence-electron chi connectivity index (χ4n) is 1.80. The molecule has 6 heteroatoms. The van der Waals surface area contributed by atoms with Gasteiger partial charge in [0.2, 0.25) is 10.0 Å². The summed E-state index contributed by atoms with van der Waals surface area (Å²) >= 11 is 0. The zero-order valence-corrected chi connectivity index (χ0v) is 10.5. The predicted molar refractivity (Wildman–Crippen MR) is 66.7 cm³/mol. The molecule has 1 aliphatic carbocycles. The van der Waals surface area contributed by atoms with Crippen molar-refractivity contribution in [2.45, 2.75) is 18.2 Å². The molecule has 0 aliphatic heterocycles. The Hall–Kier alpha value is -1.11. The second-order valence-electron chi connectivity index (χ2n) is 4.47. The van der Waals surface area contributed by atoms with Crippen LogP contribution in [0.5, 0.6) is 0 Å². The molecule has 1 saturated carbocycles. The Morgan fingerprint density at radius 1 is 1.41 bits per heavy atom. The van der Waals surface area contributed by atoms with Gasteiger partial charge < -0.3 is 5.43 Å². The molecule has 17 heavy (non-hydrogen) atoms. The Balaban J connectivity index is 2.13. The van der Waals surface area contributed by atoms with Gasteiger partial charge in [0, 0.05) is 6.54 Å². The summed E-state index contributed by atoms with van der Waals surface area (Å²) in [6.45, 7) is 2.62. The van der Waals surface area contributed by atoms with Gasteiger partial charge >= 0.3 is 0 Å². The van der Waals surface area contributed by atoms with Crippen LogP contribution in [0.3, 0.4) is 0 Å². The van der Waals surface area contributed by atoms with Crippen LogP contribution >= 0.6 is 0 Å². The number of anilines is 1. The van der Waals surface area contributed by atoms with Crippen LogP contribution in [0.15, 0.2) is 29.2 Å². The summed E-state index contributed by atoms with van der Waals surface area (Å²) in [5, 5.41) is 0. The molecule has 1 aromatic carbocycles. The van der Waals surface area contributed by atoms with Crippen LogP contribution in [0.4, 0.5) is 5.69 Å². The zero-order valence-electron chi connectivity index (χ0n) is 9.68. The highest BCUT2D eigenvalue weighted by atomic mass is 32.2. The number of nitrogens with two attached hydrogens (primary N) is 1. The van der Waals surface area contributed by atoms with E-state index in [0.717, 1.165) is 6.42 Å². The van der Waals surface area contributed by atoms with Gasteiger partial charge in [-0.15, -0.1) is 0 Å². The van der Waals surface area contributed by atoms with Crippen LogP contribution in [-0.4, -0.2) is 15.0 Å². The lowest BCUT2D eigenvalue weighted by Gasteiger charge is -2.10. The smallest absolute Gasteiger partial charge is 0.242 e. The van der Waals surface area contributed by atoms with Crippen LogP contribution in [0.2, 0.25) is 0 Å². The fraction of sp³-hybridized carbons (Fsp3) is 0.455. The normalized spacial score (nSPS) is 23.4. The molecule has 94 valence electrons. The van der Waals surface area contributed by atoms with Crippen LogP contribution in [-0.2, 0) is 10.0 Å². The van der Waals surface area contributed by atoms with E-state index in [1.807, 2.05) is 0 Å². The quantitative estimate of drug-likeness (QED) is 0.539. The van der Waals surface area contributed by atoms with Gasteiger partial charge in [0.05, 0.1) is 5.69 Å². The lowest BCUT2D eigenvalue weighted by atomic mass is 10.3. The third-order valence-corrected chi connectivity index (χ3v) is 4.63. The van der Waals surface area contributed by atoms with Crippen molar-refractivity contribution in [3.8, 4) is 0 Å². The molecule has 2 rings (SSSR count). The van der Waals surface area contributed by atoms with Crippen LogP contribution in [0.1, 0.15) is 13.3 Å². The number of hydrazine groups is 1. The van der Waals surface area contributed by atoms with Crippen molar-refractivity contribution in [1.29, 1.82) is 0 Å². The average Bonchev–Trinajstić information content (AvgIpc) is 3.03. The van der Waals surface area contributed by atoms with E-state index in [1.54, 1.807) is 18.2 Å². The standard InChI is InChI=1S/C11H17N3O2S/c1-8-6-9(8)7-13-17(15,16)11-5-3-2-4-10(11)14-12/h2-5,8-9,13-14H,6-7,12H2,1H3. The first-order chi connectivity index (χ1) is 8.04. The molecule has 4 N–H and O–H groups in total. The third-order valence-electron chi connectivity index (χ3n) is 3.14. The van der Waals surface area contributed by atoms with E-state index in [4.69, 9.17) is 5.84 Å². The largest absolute Gasteiger partial charge is 0.323 e. The maximum atomic E-state index is 12.0. The molecule has 0 amide bonds. The van der Waals surface area contributed by atoms with Crippen molar-refractivity contribution in [3.63, 3.8) is 0 Å². The van der Waals surface area contributed by atoms with Crippen LogP contribution < -0.4 is 16.0 Å². The monoisotopic (exact) mass is 255 g/mol. The maximum absolute atomic E-state index is 12.0. The lowest BCUT2D eigenvalue weighted by molar-refractivity contribution is 0.575. The second-order valence-corrected chi connectivity index (χ2v) is 6.20. The molecule has 1 fully saturated rings. The van der Waals surface area contributed by atoms with Crippen molar-refractivity contribution in [2.75, 3.05) is 12.0 Å². The molecular weight excluding hydrogens is 238 g/mol. The minimum absolute atomic E-state index is 0.191. The van der Waals surface area contributed by atoms with Crippen molar-refractivity contribution >= 4 is 15.7 Å². The first-order valence-electron chi connectivity index (χ1n) is 5.60. The summed E-state index contributed by atoms with van der Waals surface area (Å²) in [6, 6.07) is 6.58. The van der Waals surface area contributed by atoms with E-state index in [-0.39, 0.29) is 4.90 Å². The number of hydrogen-bond donors (Lipinski definition) is 3. The van der Waals surface area contributed by atoms with Gasteiger partial charge in [0.25, 0.3) is 0 Å². The summed E-state index contributed by atoms with van der Waals surface area (Å²) in [5.74, 6) is 6.40. The Labute approximate surface area is 101 Å². The number of rotatable bonds is 5. The van der Waals surface area contributed by atoms with Gasteiger partial charge in [0.15, 0.2) is 0 Å². The summed E-state index contributed by atoms with van der Waals surface area (Å²) in [6.07, 6.45) is 1.10. The molecule has 0 bridgehead atoms. The van der Waals surface area contributed by atoms with Gasteiger partial charge in [-0.2, -0.15) is 0 Å². The molecule has 0 spiro atoms. The van der Waals surface area contributed by atoms with Crippen LogP contribution in [0.25, 0.3) is 0 Å². The average molecular weight is 255 g/mol. The van der Waals surface area contributed by atoms with Crippen molar-refractivity contribution in [2.24, 2.45) is 17.7 Å². The summed E-state index contributed by atoms with van der Waals surface area (Å²) in [5.41, 5.74) is 2.80. The molecular formula is C11H17N3O2S. The molecule has 1 aliphatic rings. The third kappa shape index (κ3) is 2.77. The molecule has 2 atom stereocenters. The molecule has 0 saturated heterocycles. The predicted octanol–water partition coefficient (Wildman–Crippen LogP) is 0.907. The highest BCUT2D eigenvalue weighted by Crippen LogP contribution is 2.37. The number of nitrogen functional groups attached to an aromatic ring is 1. The van der Waals surface area contributed by atoms with E-state index in [9.17, 15) is 8.42 Å². The second kappa shape index (κ2) is 4.64. The highest BCUT2D eigenvalue weighted by molar-refractivity contribution is 7.89. The van der Waals surface area contributed by atoms with Crippen molar-refractivity contribution in [3.05, 3.63) is 24.3 Å². The van der Waals surface area contributed by atoms with E-state index >= 15 is 0 Å². The summed E-state index contributed by atoms with van der Waals surface area (Å²) < 4.78 is 26.7. The summed E-state index contributed by atoms with van der Waals surface area (Å²) in [4.78, 5) is 0.191. The number of para-hydroxylation sites is 1. The van der Waals surface area contributed by atoms with Crippen LogP contribution in [0, 0.1) is 11.8 Å². The van der Waals surface area contributed by atoms with E-state index in [0.29, 0.717) is 24.1 Å².